The Hall–Kier alpha value is -1.71. The van der Waals surface area contributed by atoms with Crippen molar-refractivity contribution in [2.24, 2.45) is 0 Å². The number of amides is 1. The molecule has 0 heterocycles. The molecule has 1 unspecified atom stereocenters. The van der Waals surface area contributed by atoms with E-state index < -0.39 is 6.09 Å². The highest BCUT2D eigenvalue weighted by atomic mass is 16.4. The summed E-state index contributed by atoms with van der Waals surface area (Å²) in [6, 6.07) is 7.43. The Morgan fingerprint density at radius 1 is 1.50 bits per heavy atom. The zero-order valence-corrected chi connectivity index (χ0v) is 8.24. The summed E-state index contributed by atoms with van der Waals surface area (Å²) in [5, 5.41) is 13.9. The molecule has 0 aromatic heterocycles. The summed E-state index contributed by atoms with van der Waals surface area (Å²) < 4.78 is 0. The highest BCUT2D eigenvalue weighted by molar-refractivity contribution is 5.65. The van der Waals surface area contributed by atoms with E-state index in [1.807, 2.05) is 38.2 Å². The number of hydrogen-bond acceptors (Lipinski definition) is 2. The molecule has 14 heavy (non-hydrogen) atoms. The molecule has 0 aliphatic carbocycles. The van der Waals surface area contributed by atoms with Crippen LogP contribution in [0, 0.1) is 0 Å². The maximum Gasteiger partial charge on any atom is 0.405 e. The van der Waals surface area contributed by atoms with Crippen LogP contribution < -0.4 is 10.6 Å². The lowest BCUT2D eigenvalue weighted by molar-refractivity contribution is 0.191. The number of carbonyl (C=O) groups is 1. The van der Waals surface area contributed by atoms with Crippen molar-refractivity contribution in [3.63, 3.8) is 0 Å². The molecule has 1 amide bonds. The number of carboxylic acid groups (broad SMARTS) is 1. The van der Waals surface area contributed by atoms with Crippen LogP contribution in [-0.2, 0) is 0 Å². The lowest BCUT2D eigenvalue weighted by Crippen LogP contribution is -2.24. The third-order valence-electron chi connectivity index (χ3n) is 2.02. The fraction of sp³-hybridized carbons (Fsp3) is 0.300. The van der Waals surface area contributed by atoms with Gasteiger partial charge >= 0.3 is 6.09 Å². The first-order chi connectivity index (χ1) is 6.63. The van der Waals surface area contributed by atoms with E-state index in [9.17, 15) is 4.79 Å². The summed E-state index contributed by atoms with van der Waals surface area (Å²) in [5.41, 5.74) is 1.92. The fourth-order valence-corrected chi connectivity index (χ4v) is 1.23. The number of benzene rings is 1. The second kappa shape index (κ2) is 4.50. The quantitative estimate of drug-likeness (QED) is 0.690. The minimum Gasteiger partial charge on any atom is -0.465 e. The number of rotatable bonds is 3. The topological polar surface area (TPSA) is 61.4 Å². The first-order valence-electron chi connectivity index (χ1n) is 4.40. The Balaban J connectivity index is 2.78. The SMILES string of the molecule is CNc1cccc(C(C)NC(=O)O)c1. The molecule has 4 heteroatoms. The van der Waals surface area contributed by atoms with Crippen molar-refractivity contribution in [1.29, 1.82) is 0 Å². The molecule has 1 aromatic carbocycles. The van der Waals surface area contributed by atoms with Crippen molar-refractivity contribution in [3.8, 4) is 0 Å². The normalized spacial score (nSPS) is 11.9. The molecule has 0 radical (unpaired) electrons. The predicted octanol–water partition coefficient (Wildman–Crippen LogP) is 2.06. The van der Waals surface area contributed by atoms with Gasteiger partial charge in [0.05, 0.1) is 6.04 Å². The summed E-state index contributed by atoms with van der Waals surface area (Å²) in [6.07, 6.45) is -1.01. The molecule has 0 fully saturated rings. The van der Waals surface area contributed by atoms with E-state index in [1.54, 1.807) is 0 Å². The van der Waals surface area contributed by atoms with Gasteiger partial charge in [0, 0.05) is 12.7 Å². The number of hydrogen-bond donors (Lipinski definition) is 3. The van der Waals surface area contributed by atoms with Gasteiger partial charge in [-0.2, -0.15) is 0 Å². The highest BCUT2D eigenvalue weighted by Crippen LogP contribution is 2.16. The van der Waals surface area contributed by atoms with Crippen LogP contribution >= 0.6 is 0 Å². The van der Waals surface area contributed by atoms with E-state index in [0.717, 1.165) is 11.3 Å². The van der Waals surface area contributed by atoms with Gasteiger partial charge in [0.25, 0.3) is 0 Å². The second-order valence-corrected chi connectivity index (χ2v) is 3.05. The van der Waals surface area contributed by atoms with Gasteiger partial charge in [-0.25, -0.2) is 4.79 Å². The molecular formula is C10H14N2O2. The van der Waals surface area contributed by atoms with E-state index in [-0.39, 0.29) is 6.04 Å². The second-order valence-electron chi connectivity index (χ2n) is 3.05. The minimum absolute atomic E-state index is 0.194. The van der Waals surface area contributed by atoms with Crippen LogP contribution in [0.5, 0.6) is 0 Å². The summed E-state index contributed by atoms with van der Waals surface area (Å²) in [5.74, 6) is 0. The van der Waals surface area contributed by atoms with Gasteiger partial charge < -0.3 is 15.7 Å². The van der Waals surface area contributed by atoms with E-state index in [0.29, 0.717) is 0 Å². The molecule has 4 nitrogen and oxygen atoms in total. The first kappa shape index (κ1) is 10.4. The van der Waals surface area contributed by atoms with Crippen molar-refractivity contribution >= 4 is 11.8 Å². The summed E-state index contributed by atoms with van der Waals surface area (Å²) >= 11 is 0. The third kappa shape index (κ3) is 2.65. The molecule has 0 saturated heterocycles. The van der Waals surface area contributed by atoms with Crippen LogP contribution in [0.15, 0.2) is 24.3 Å². The summed E-state index contributed by atoms with van der Waals surface area (Å²) in [4.78, 5) is 10.4. The Bertz CT molecular complexity index is 326. The van der Waals surface area contributed by atoms with Gasteiger partial charge in [-0.1, -0.05) is 12.1 Å². The van der Waals surface area contributed by atoms with Crippen molar-refractivity contribution in [2.75, 3.05) is 12.4 Å². The number of anilines is 1. The van der Waals surface area contributed by atoms with Crippen LogP contribution in [0.1, 0.15) is 18.5 Å². The molecular weight excluding hydrogens is 180 g/mol. The fourth-order valence-electron chi connectivity index (χ4n) is 1.23. The lowest BCUT2D eigenvalue weighted by Gasteiger charge is -2.12. The minimum atomic E-state index is -1.01. The largest absolute Gasteiger partial charge is 0.465 e. The van der Waals surface area contributed by atoms with Crippen molar-refractivity contribution in [1.82, 2.24) is 5.32 Å². The van der Waals surface area contributed by atoms with Crippen LogP contribution in [-0.4, -0.2) is 18.2 Å². The van der Waals surface area contributed by atoms with Gasteiger partial charge in [-0.3, -0.25) is 0 Å². The maximum absolute atomic E-state index is 10.4. The zero-order valence-electron chi connectivity index (χ0n) is 8.24. The molecule has 0 aliphatic heterocycles. The van der Waals surface area contributed by atoms with Crippen molar-refractivity contribution in [3.05, 3.63) is 29.8 Å². The van der Waals surface area contributed by atoms with E-state index in [2.05, 4.69) is 10.6 Å². The predicted molar refractivity (Wildman–Crippen MR) is 55.6 cm³/mol. The van der Waals surface area contributed by atoms with Crippen LogP contribution in [0.25, 0.3) is 0 Å². The third-order valence-corrected chi connectivity index (χ3v) is 2.02. The maximum atomic E-state index is 10.4. The Morgan fingerprint density at radius 2 is 2.21 bits per heavy atom. The van der Waals surface area contributed by atoms with Gasteiger partial charge in [0.2, 0.25) is 0 Å². The first-order valence-corrected chi connectivity index (χ1v) is 4.40. The molecule has 0 spiro atoms. The van der Waals surface area contributed by atoms with Crippen molar-refractivity contribution in [2.45, 2.75) is 13.0 Å². The molecule has 3 N–H and O–H groups in total. The van der Waals surface area contributed by atoms with Gasteiger partial charge in [-0.05, 0) is 24.6 Å². The smallest absolute Gasteiger partial charge is 0.405 e. The van der Waals surface area contributed by atoms with Crippen LogP contribution in [0.3, 0.4) is 0 Å². The molecule has 0 bridgehead atoms. The van der Waals surface area contributed by atoms with Gasteiger partial charge in [-0.15, -0.1) is 0 Å². The molecule has 76 valence electrons. The van der Waals surface area contributed by atoms with Gasteiger partial charge in [0.1, 0.15) is 0 Å². The molecule has 1 atom stereocenters. The molecule has 1 rings (SSSR count). The Kier molecular flexibility index (Phi) is 3.34. The molecule has 0 saturated carbocycles. The van der Waals surface area contributed by atoms with E-state index in [1.165, 1.54) is 0 Å². The monoisotopic (exact) mass is 194 g/mol. The zero-order chi connectivity index (χ0) is 10.6. The number of nitrogens with one attached hydrogen (secondary N) is 2. The molecule has 1 aromatic rings. The van der Waals surface area contributed by atoms with E-state index in [4.69, 9.17) is 5.11 Å². The Labute approximate surface area is 82.9 Å². The average molecular weight is 194 g/mol. The summed E-state index contributed by atoms with van der Waals surface area (Å²) in [6.45, 7) is 1.81. The standard InChI is InChI=1S/C10H14N2O2/c1-7(12-10(13)14)8-4-3-5-9(6-8)11-2/h3-7,11-12H,1-2H3,(H,13,14). The van der Waals surface area contributed by atoms with E-state index >= 15 is 0 Å². The summed E-state index contributed by atoms with van der Waals surface area (Å²) in [7, 11) is 1.83. The van der Waals surface area contributed by atoms with Crippen molar-refractivity contribution < 1.29 is 9.90 Å². The van der Waals surface area contributed by atoms with Crippen LogP contribution in [0.2, 0.25) is 0 Å². The highest BCUT2D eigenvalue weighted by Gasteiger charge is 2.07. The van der Waals surface area contributed by atoms with Crippen LogP contribution in [0.4, 0.5) is 10.5 Å². The molecule has 0 aliphatic rings. The lowest BCUT2D eigenvalue weighted by atomic mass is 10.1. The Morgan fingerprint density at radius 3 is 2.79 bits per heavy atom. The van der Waals surface area contributed by atoms with Gasteiger partial charge in [0.15, 0.2) is 0 Å². The average Bonchev–Trinajstić information content (AvgIpc) is 2.17.